The van der Waals surface area contributed by atoms with E-state index >= 15 is 0 Å². The van der Waals surface area contributed by atoms with Crippen LogP contribution in [0.1, 0.15) is 23.2 Å². The van der Waals surface area contributed by atoms with Gasteiger partial charge in [0.25, 0.3) is 5.91 Å². The highest BCUT2D eigenvalue weighted by atomic mass is 79.9. The Balaban J connectivity index is 1.88. The molecule has 1 fully saturated rings. The zero-order chi connectivity index (χ0) is 14.5. The van der Waals surface area contributed by atoms with Crippen molar-refractivity contribution in [3.05, 3.63) is 34.3 Å². The molecule has 5 nitrogen and oxygen atoms in total. The van der Waals surface area contributed by atoms with Gasteiger partial charge in [0.05, 0.1) is 19.2 Å². The van der Waals surface area contributed by atoms with E-state index in [9.17, 15) is 14.7 Å². The molecule has 0 unspecified atom stereocenters. The van der Waals surface area contributed by atoms with Gasteiger partial charge < -0.3 is 15.3 Å². The van der Waals surface area contributed by atoms with Crippen molar-refractivity contribution >= 4 is 27.7 Å². The number of carbonyl (C=O) groups is 2. The van der Waals surface area contributed by atoms with Gasteiger partial charge in [-0.15, -0.1) is 0 Å². The number of nitrogens with zero attached hydrogens (tertiary/aromatic N) is 1. The molecule has 1 aromatic carbocycles. The van der Waals surface area contributed by atoms with Crippen molar-refractivity contribution < 1.29 is 14.7 Å². The first-order valence-electron chi connectivity index (χ1n) is 6.56. The van der Waals surface area contributed by atoms with Crippen LogP contribution < -0.4 is 5.32 Å². The van der Waals surface area contributed by atoms with Crippen LogP contribution in [-0.2, 0) is 4.79 Å². The standard InChI is InChI=1S/C14H17BrN2O3/c15-11-4-1-3-10(7-11)14(20)16-8-13(19)17-6-2-5-12(17)9-18/h1,3-4,7,12,18H,2,5-6,8-9H2,(H,16,20)/t12-/m0/s1. The van der Waals surface area contributed by atoms with Gasteiger partial charge in [-0.3, -0.25) is 9.59 Å². The van der Waals surface area contributed by atoms with Gasteiger partial charge in [0.15, 0.2) is 0 Å². The molecule has 0 saturated carbocycles. The largest absolute Gasteiger partial charge is 0.394 e. The zero-order valence-electron chi connectivity index (χ0n) is 11.0. The number of aliphatic hydroxyl groups is 1. The van der Waals surface area contributed by atoms with Crippen LogP contribution in [-0.4, -0.2) is 47.6 Å². The second-order valence-electron chi connectivity index (χ2n) is 4.76. The quantitative estimate of drug-likeness (QED) is 0.864. The third kappa shape index (κ3) is 3.58. The number of nitrogens with one attached hydrogen (secondary N) is 1. The molecule has 1 aliphatic heterocycles. The van der Waals surface area contributed by atoms with Gasteiger partial charge in [-0.1, -0.05) is 22.0 Å². The Labute approximate surface area is 126 Å². The van der Waals surface area contributed by atoms with Crippen LogP contribution >= 0.6 is 15.9 Å². The lowest BCUT2D eigenvalue weighted by molar-refractivity contribution is -0.131. The molecule has 20 heavy (non-hydrogen) atoms. The summed E-state index contributed by atoms with van der Waals surface area (Å²) >= 11 is 3.30. The lowest BCUT2D eigenvalue weighted by Gasteiger charge is -2.23. The van der Waals surface area contributed by atoms with Gasteiger partial charge in [0.1, 0.15) is 0 Å². The summed E-state index contributed by atoms with van der Waals surface area (Å²) in [6, 6.07) is 6.88. The van der Waals surface area contributed by atoms with Crippen molar-refractivity contribution in [2.45, 2.75) is 18.9 Å². The van der Waals surface area contributed by atoms with E-state index in [1.807, 2.05) is 6.07 Å². The lowest BCUT2D eigenvalue weighted by atomic mass is 10.2. The van der Waals surface area contributed by atoms with E-state index in [4.69, 9.17) is 0 Å². The van der Waals surface area contributed by atoms with Crippen molar-refractivity contribution in [1.29, 1.82) is 0 Å². The number of carbonyl (C=O) groups excluding carboxylic acids is 2. The average Bonchev–Trinajstić information content (AvgIpc) is 2.92. The van der Waals surface area contributed by atoms with E-state index in [0.717, 1.165) is 17.3 Å². The van der Waals surface area contributed by atoms with E-state index in [0.29, 0.717) is 12.1 Å². The maximum atomic E-state index is 12.0. The number of aliphatic hydroxyl groups excluding tert-OH is 1. The second-order valence-corrected chi connectivity index (χ2v) is 5.67. The summed E-state index contributed by atoms with van der Waals surface area (Å²) in [5.41, 5.74) is 0.507. The van der Waals surface area contributed by atoms with Crippen molar-refractivity contribution in [1.82, 2.24) is 10.2 Å². The maximum absolute atomic E-state index is 12.0. The minimum atomic E-state index is -0.278. The summed E-state index contributed by atoms with van der Waals surface area (Å²) in [6.07, 6.45) is 1.72. The van der Waals surface area contributed by atoms with Gasteiger partial charge in [0, 0.05) is 16.6 Å². The van der Waals surface area contributed by atoms with Gasteiger partial charge in [0.2, 0.25) is 5.91 Å². The molecule has 1 aliphatic rings. The molecule has 2 rings (SSSR count). The smallest absolute Gasteiger partial charge is 0.251 e. The highest BCUT2D eigenvalue weighted by molar-refractivity contribution is 9.10. The molecule has 0 aromatic heterocycles. The Hall–Kier alpha value is -1.40. The molecular formula is C14H17BrN2O3. The molecule has 0 aliphatic carbocycles. The molecule has 108 valence electrons. The summed E-state index contributed by atoms with van der Waals surface area (Å²) < 4.78 is 0.816. The molecule has 1 heterocycles. The topological polar surface area (TPSA) is 69.6 Å². The van der Waals surface area contributed by atoms with Crippen LogP contribution in [0.25, 0.3) is 0 Å². The Morgan fingerprint density at radius 2 is 2.25 bits per heavy atom. The number of hydrogen-bond acceptors (Lipinski definition) is 3. The van der Waals surface area contributed by atoms with E-state index in [-0.39, 0.29) is 31.0 Å². The highest BCUT2D eigenvalue weighted by Gasteiger charge is 2.27. The van der Waals surface area contributed by atoms with E-state index in [2.05, 4.69) is 21.2 Å². The van der Waals surface area contributed by atoms with Crippen molar-refractivity contribution in [3.8, 4) is 0 Å². The third-order valence-electron chi connectivity index (χ3n) is 3.40. The third-order valence-corrected chi connectivity index (χ3v) is 3.89. The van der Waals surface area contributed by atoms with Crippen LogP contribution in [0.5, 0.6) is 0 Å². The van der Waals surface area contributed by atoms with E-state index < -0.39 is 0 Å². The van der Waals surface area contributed by atoms with Crippen LogP contribution in [0.2, 0.25) is 0 Å². The number of rotatable bonds is 4. The molecule has 1 saturated heterocycles. The van der Waals surface area contributed by atoms with E-state index in [1.54, 1.807) is 23.1 Å². The van der Waals surface area contributed by atoms with Gasteiger partial charge >= 0.3 is 0 Å². The Bertz CT molecular complexity index is 507. The summed E-state index contributed by atoms with van der Waals surface area (Å²) in [5, 5.41) is 11.8. The van der Waals surface area contributed by atoms with Gasteiger partial charge in [-0.25, -0.2) is 0 Å². The summed E-state index contributed by atoms with van der Waals surface area (Å²) in [7, 11) is 0. The van der Waals surface area contributed by atoms with E-state index in [1.165, 1.54) is 0 Å². The average molecular weight is 341 g/mol. The molecule has 1 aromatic rings. The molecular weight excluding hydrogens is 324 g/mol. The molecule has 0 radical (unpaired) electrons. The SMILES string of the molecule is O=C(NCC(=O)N1CCC[C@H]1CO)c1cccc(Br)c1. The fourth-order valence-corrected chi connectivity index (χ4v) is 2.74. The molecule has 1 atom stereocenters. The Morgan fingerprint density at radius 1 is 1.45 bits per heavy atom. The fraction of sp³-hybridized carbons (Fsp3) is 0.429. The fourth-order valence-electron chi connectivity index (χ4n) is 2.34. The highest BCUT2D eigenvalue weighted by Crippen LogP contribution is 2.16. The first kappa shape index (κ1) is 15.0. The summed E-state index contributed by atoms with van der Waals surface area (Å²) in [5.74, 6) is -0.427. The van der Waals surface area contributed by atoms with Gasteiger partial charge in [-0.2, -0.15) is 0 Å². The predicted molar refractivity (Wildman–Crippen MR) is 78.3 cm³/mol. The van der Waals surface area contributed by atoms with Crippen LogP contribution in [0, 0.1) is 0 Å². The van der Waals surface area contributed by atoms with Crippen LogP contribution in [0.3, 0.4) is 0 Å². The zero-order valence-corrected chi connectivity index (χ0v) is 12.6. The first-order chi connectivity index (χ1) is 9.61. The Kier molecular flexibility index (Phi) is 5.14. The monoisotopic (exact) mass is 340 g/mol. The summed E-state index contributed by atoms with van der Waals surface area (Å²) in [6.45, 7) is 0.587. The molecule has 6 heteroatoms. The normalized spacial score (nSPS) is 18.1. The van der Waals surface area contributed by atoms with Crippen LogP contribution in [0.15, 0.2) is 28.7 Å². The number of amides is 2. The second kappa shape index (κ2) is 6.85. The number of likely N-dealkylation sites (tertiary alicyclic amines) is 1. The number of halogens is 1. The summed E-state index contributed by atoms with van der Waals surface area (Å²) in [4.78, 5) is 25.6. The minimum Gasteiger partial charge on any atom is -0.394 e. The van der Waals surface area contributed by atoms with Crippen molar-refractivity contribution in [2.75, 3.05) is 19.7 Å². The minimum absolute atomic E-state index is 0.0225. The molecule has 0 spiro atoms. The first-order valence-corrected chi connectivity index (χ1v) is 7.35. The maximum Gasteiger partial charge on any atom is 0.251 e. The van der Waals surface area contributed by atoms with Crippen molar-refractivity contribution in [2.24, 2.45) is 0 Å². The number of hydrogen-bond donors (Lipinski definition) is 2. The molecule has 0 bridgehead atoms. The van der Waals surface area contributed by atoms with Gasteiger partial charge in [-0.05, 0) is 31.0 Å². The number of benzene rings is 1. The lowest BCUT2D eigenvalue weighted by Crippen LogP contribution is -2.43. The predicted octanol–water partition coefficient (Wildman–Crippen LogP) is 1.16. The Morgan fingerprint density at radius 3 is 2.95 bits per heavy atom. The van der Waals surface area contributed by atoms with Crippen LogP contribution in [0.4, 0.5) is 0 Å². The molecule has 2 amide bonds. The molecule has 2 N–H and O–H groups in total. The van der Waals surface area contributed by atoms with Crippen molar-refractivity contribution in [3.63, 3.8) is 0 Å².